The van der Waals surface area contributed by atoms with Gasteiger partial charge in [-0.15, -0.1) is 0 Å². The van der Waals surface area contributed by atoms with Gasteiger partial charge in [0.2, 0.25) is 0 Å². The SMILES string of the molecule is CC(C)[C@H](NC(=O)COc1ccccc1)C(=O)NNC(=O)c1nn(C(C)C)c(=O)c2ccccc12. The van der Waals surface area contributed by atoms with Gasteiger partial charge < -0.3 is 10.1 Å². The van der Waals surface area contributed by atoms with Crippen molar-refractivity contribution in [3.05, 3.63) is 70.6 Å². The molecule has 3 rings (SSSR count). The molecule has 10 heteroatoms. The van der Waals surface area contributed by atoms with Crippen LogP contribution in [0.5, 0.6) is 5.75 Å². The van der Waals surface area contributed by atoms with E-state index in [1.807, 2.05) is 6.07 Å². The van der Waals surface area contributed by atoms with Crippen LogP contribution in [0.1, 0.15) is 44.2 Å². The molecule has 0 saturated heterocycles. The predicted molar refractivity (Wildman–Crippen MR) is 131 cm³/mol. The van der Waals surface area contributed by atoms with E-state index in [0.717, 1.165) is 0 Å². The zero-order chi connectivity index (χ0) is 25.5. The number of hydrogen-bond donors (Lipinski definition) is 3. The second-order valence-corrected chi connectivity index (χ2v) is 8.57. The fourth-order valence-electron chi connectivity index (χ4n) is 3.40. The molecule has 35 heavy (non-hydrogen) atoms. The maximum Gasteiger partial charge on any atom is 0.290 e. The lowest BCUT2D eigenvalue weighted by molar-refractivity contribution is -0.131. The van der Waals surface area contributed by atoms with Gasteiger partial charge in [0.1, 0.15) is 11.8 Å². The molecule has 1 heterocycles. The third-order valence-corrected chi connectivity index (χ3v) is 5.21. The summed E-state index contributed by atoms with van der Waals surface area (Å²) in [5.41, 5.74) is 4.38. The van der Waals surface area contributed by atoms with Crippen molar-refractivity contribution in [1.82, 2.24) is 25.9 Å². The van der Waals surface area contributed by atoms with E-state index in [-0.39, 0.29) is 29.8 Å². The summed E-state index contributed by atoms with van der Waals surface area (Å²) < 4.78 is 6.64. The molecule has 0 radical (unpaired) electrons. The Morgan fingerprint density at radius 2 is 1.54 bits per heavy atom. The molecule has 3 N–H and O–H groups in total. The average Bonchev–Trinajstić information content (AvgIpc) is 2.85. The Balaban J connectivity index is 1.68. The molecule has 0 aliphatic carbocycles. The van der Waals surface area contributed by atoms with E-state index >= 15 is 0 Å². The average molecular weight is 480 g/mol. The number of rotatable bonds is 8. The molecule has 3 amide bonds. The molecule has 0 aliphatic rings. The summed E-state index contributed by atoms with van der Waals surface area (Å²) in [4.78, 5) is 50.7. The highest BCUT2D eigenvalue weighted by atomic mass is 16.5. The van der Waals surface area contributed by atoms with Crippen LogP contribution in [0.3, 0.4) is 0 Å². The number of nitrogens with zero attached hydrogens (tertiary/aromatic N) is 2. The number of ether oxygens (including phenoxy) is 1. The smallest absolute Gasteiger partial charge is 0.290 e. The fraction of sp³-hybridized carbons (Fsp3) is 0.320. The molecule has 0 unspecified atom stereocenters. The second-order valence-electron chi connectivity index (χ2n) is 8.57. The summed E-state index contributed by atoms with van der Waals surface area (Å²) in [5, 5.41) is 7.55. The Bertz CT molecular complexity index is 1270. The van der Waals surface area contributed by atoms with Crippen molar-refractivity contribution in [2.24, 2.45) is 5.92 Å². The van der Waals surface area contributed by atoms with Gasteiger partial charge in [-0.2, -0.15) is 5.10 Å². The Kier molecular flexibility index (Phi) is 8.19. The molecule has 0 saturated carbocycles. The van der Waals surface area contributed by atoms with Gasteiger partial charge in [0.25, 0.3) is 23.3 Å². The third kappa shape index (κ3) is 6.23. The van der Waals surface area contributed by atoms with Crippen molar-refractivity contribution in [2.45, 2.75) is 39.8 Å². The molecule has 0 fully saturated rings. The van der Waals surface area contributed by atoms with E-state index in [4.69, 9.17) is 4.74 Å². The number of hydrogen-bond acceptors (Lipinski definition) is 6. The lowest BCUT2D eigenvalue weighted by Gasteiger charge is -2.22. The maximum absolute atomic E-state index is 12.9. The predicted octanol–water partition coefficient (Wildman–Crippen LogP) is 1.96. The zero-order valence-electron chi connectivity index (χ0n) is 20.1. The number of nitrogens with one attached hydrogen (secondary N) is 3. The Morgan fingerprint density at radius 3 is 2.17 bits per heavy atom. The van der Waals surface area contributed by atoms with Gasteiger partial charge in [0.15, 0.2) is 12.3 Å². The van der Waals surface area contributed by atoms with Crippen LogP contribution in [-0.4, -0.2) is 40.2 Å². The van der Waals surface area contributed by atoms with Crippen molar-refractivity contribution in [3.63, 3.8) is 0 Å². The first-order valence-electron chi connectivity index (χ1n) is 11.3. The molecule has 1 atom stereocenters. The van der Waals surface area contributed by atoms with Gasteiger partial charge in [0.05, 0.1) is 11.4 Å². The van der Waals surface area contributed by atoms with Gasteiger partial charge in [-0.1, -0.05) is 50.2 Å². The molecule has 2 aromatic carbocycles. The minimum atomic E-state index is -0.920. The number of aromatic nitrogens is 2. The number of carbonyl (C=O) groups is 3. The van der Waals surface area contributed by atoms with Crippen LogP contribution in [-0.2, 0) is 9.59 Å². The van der Waals surface area contributed by atoms with Crippen LogP contribution < -0.4 is 26.5 Å². The molecule has 0 bridgehead atoms. The second kappa shape index (κ2) is 11.3. The molecule has 3 aromatic rings. The quantitative estimate of drug-likeness (QED) is 0.423. The first-order valence-corrected chi connectivity index (χ1v) is 11.3. The highest BCUT2D eigenvalue weighted by molar-refractivity contribution is 6.05. The van der Waals surface area contributed by atoms with E-state index in [1.165, 1.54) is 4.68 Å². The summed E-state index contributed by atoms with van der Waals surface area (Å²) in [7, 11) is 0. The molecule has 0 spiro atoms. The molecular formula is C25H29N5O5. The van der Waals surface area contributed by atoms with Crippen LogP contribution in [0.4, 0.5) is 0 Å². The Hall–Kier alpha value is -4.21. The summed E-state index contributed by atoms with van der Waals surface area (Å²) in [5.74, 6) is -1.52. The minimum absolute atomic E-state index is 0.00408. The molecule has 184 valence electrons. The zero-order valence-corrected chi connectivity index (χ0v) is 20.1. The van der Waals surface area contributed by atoms with Gasteiger partial charge in [-0.25, -0.2) is 4.68 Å². The van der Waals surface area contributed by atoms with E-state index in [9.17, 15) is 19.2 Å². The number of amides is 3. The van der Waals surface area contributed by atoms with E-state index in [1.54, 1.807) is 76.2 Å². The van der Waals surface area contributed by atoms with Crippen molar-refractivity contribution < 1.29 is 19.1 Å². The van der Waals surface area contributed by atoms with Crippen LogP contribution in [0.25, 0.3) is 10.8 Å². The summed E-state index contributed by atoms with van der Waals surface area (Å²) in [6.07, 6.45) is 0. The monoisotopic (exact) mass is 479 g/mol. The van der Waals surface area contributed by atoms with E-state index < -0.39 is 23.8 Å². The molecular weight excluding hydrogens is 450 g/mol. The lowest BCUT2D eigenvalue weighted by atomic mass is 10.0. The summed E-state index contributed by atoms with van der Waals surface area (Å²) in [6, 6.07) is 14.3. The number of para-hydroxylation sites is 1. The van der Waals surface area contributed by atoms with Crippen LogP contribution in [0.15, 0.2) is 59.4 Å². The van der Waals surface area contributed by atoms with E-state index in [2.05, 4.69) is 21.3 Å². The highest BCUT2D eigenvalue weighted by Gasteiger charge is 2.26. The molecule has 0 aliphatic heterocycles. The number of benzene rings is 2. The van der Waals surface area contributed by atoms with Gasteiger partial charge in [-0.3, -0.25) is 30.0 Å². The van der Waals surface area contributed by atoms with Crippen molar-refractivity contribution in [1.29, 1.82) is 0 Å². The topological polar surface area (TPSA) is 131 Å². The van der Waals surface area contributed by atoms with Gasteiger partial charge >= 0.3 is 0 Å². The molecule has 10 nitrogen and oxygen atoms in total. The highest BCUT2D eigenvalue weighted by Crippen LogP contribution is 2.14. The summed E-state index contributed by atoms with van der Waals surface area (Å²) >= 11 is 0. The fourth-order valence-corrected chi connectivity index (χ4v) is 3.40. The Morgan fingerprint density at radius 1 is 0.914 bits per heavy atom. The standard InChI is InChI=1S/C25H29N5O5/c1-15(2)21(26-20(31)14-35-17-10-6-5-7-11-17)23(32)27-28-24(33)22-18-12-8-9-13-19(18)25(34)30(29-22)16(3)4/h5-13,15-16,21H,14H2,1-4H3,(H,26,31)(H,27,32)(H,28,33)/t21-/m0/s1. The number of carbonyl (C=O) groups excluding carboxylic acids is 3. The largest absolute Gasteiger partial charge is 0.484 e. The van der Waals surface area contributed by atoms with E-state index in [0.29, 0.717) is 16.5 Å². The van der Waals surface area contributed by atoms with Crippen molar-refractivity contribution >= 4 is 28.5 Å². The first kappa shape index (κ1) is 25.4. The summed E-state index contributed by atoms with van der Waals surface area (Å²) in [6.45, 7) is 6.82. The van der Waals surface area contributed by atoms with Crippen LogP contribution >= 0.6 is 0 Å². The first-order chi connectivity index (χ1) is 16.7. The minimum Gasteiger partial charge on any atom is -0.484 e. The lowest BCUT2D eigenvalue weighted by Crippen LogP contribution is -2.55. The van der Waals surface area contributed by atoms with Crippen molar-refractivity contribution in [2.75, 3.05) is 6.61 Å². The molecule has 1 aromatic heterocycles. The van der Waals surface area contributed by atoms with Crippen LogP contribution in [0, 0.1) is 5.92 Å². The third-order valence-electron chi connectivity index (χ3n) is 5.21. The number of hydrazine groups is 1. The van der Waals surface area contributed by atoms with Gasteiger partial charge in [-0.05, 0) is 38.0 Å². The maximum atomic E-state index is 12.9. The normalized spacial score (nSPS) is 11.8. The van der Waals surface area contributed by atoms with Gasteiger partial charge in [0, 0.05) is 5.39 Å². The Labute approximate surface area is 202 Å². The number of fused-ring (bicyclic) bond motifs is 1. The van der Waals surface area contributed by atoms with Crippen molar-refractivity contribution in [3.8, 4) is 5.75 Å². The van der Waals surface area contributed by atoms with Crippen LogP contribution in [0.2, 0.25) is 0 Å².